The molecule has 0 aliphatic carbocycles. The van der Waals surface area contributed by atoms with Crippen LogP contribution >= 0.6 is 11.3 Å². The van der Waals surface area contributed by atoms with Gasteiger partial charge in [-0.25, -0.2) is 26.9 Å². The van der Waals surface area contributed by atoms with E-state index in [4.69, 9.17) is 16.2 Å². The van der Waals surface area contributed by atoms with Crippen LogP contribution in [0.15, 0.2) is 23.7 Å². The van der Waals surface area contributed by atoms with Crippen LogP contribution in [0.4, 0.5) is 15.1 Å². The number of carboxylic acid groups (broad SMARTS) is 1. The number of thiazole rings is 1. The average molecular weight is 415 g/mol. The van der Waals surface area contributed by atoms with Crippen molar-refractivity contribution in [2.24, 2.45) is 5.73 Å². The summed E-state index contributed by atoms with van der Waals surface area (Å²) in [6.45, 7) is -0.174. The fourth-order valence-corrected chi connectivity index (χ4v) is 3.68. The first-order valence-electron chi connectivity index (χ1n) is 7.20. The van der Waals surface area contributed by atoms with Gasteiger partial charge < -0.3 is 16.2 Å². The van der Waals surface area contributed by atoms with E-state index in [0.717, 1.165) is 22.9 Å². The maximum atomic E-state index is 14.3. The first kappa shape index (κ1) is 20.3. The molecule has 1 amide bonds. The number of amides is 1. The van der Waals surface area contributed by atoms with Crippen molar-refractivity contribution in [3.05, 3.63) is 40.8 Å². The summed E-state index contributed by atoms with van der Waals surface area (Å²) in [6, 6.07) is 3.34. The van der Waals surface area contributed by atoms with Crippen molar-refractivity contribution in [1.82, 2.24) is 10.3 Å². The van der Waals surface area contributed by atoms with Crippen molar-refractivity contribution < 1.29 is 27.5 Å². The number of halogens is 1. The van der Waals surface area contributed by atoms with Gasteiger partial charge in [-0.3, -0.25) is 10.2 Å². The van der Waals surface area contributed by atoms with Gasteiger partial charge in [0, 0.05) is 0 Å². The van der Waals surface area contributed by atoms with Gasteiger partial charge in [-0.1, -0.05) is 6.07 Å². The van der Waals surface area contributed by atoms with Crippen molar-refractivity contribution in [1.29, 1.82) is 5.41 Å². The number of nitrogens with zero attached hydrogens (tertiary/aromatic N) is 2. The predicted molar refractivity (Wildman–Crippen MR) is 96.6 cm³/mol. The van der Waals surface area contributed by atoms with E-state index in [-0.39, 0.29) is 35.1 Å². The Morgan fingerprint density at radius 2 is 2.11 bits per heavy atom. The summed E-state index contributed by atoms with van der Waals surface area (Å²) in [5.74, 6) is -3.10. The number of hydrogen-bond acceptors (Lipinski definition) is 7. The third-order valence-corrected chi connectivity index (χ3v) is 4.92. The number of carboxylic acids is 1. The summed E-state index contributed by atoms with van der Waals surface area (Å²) < 4.78 is 38.2. The Morgan fingerprint density at radius 1 is 1.41 bits per heavy atom. The maximum Gasteiger partial charge on any atom is 0.357 e. The molecule has 0 fully saturated rings. The molecule has 1 heterocycles. The molecule has 1 aromatic carbocycles. The highest BCUT2D eigenvalue weighted by Crippen LogP contribution is 2.33. The molecule has 0 bridgehead atoms. The number of benzene rings is 1. The Balaban J connectivity index is 2.31. The van der Waals surface area contributed by atoms with Crippen molar-refractivity contribution in [2.45, 2.75) is 6.42 Å². The van der Waals surface area contributed by atoms with E-state index in [1.54, 1.807) is 0 Å². The van der Waals surface area contributed by atoms with Crippen LogP contribution in [-0.2, 0) is 22.1 Å². The normalized spacial score (nSPS) is 10.6. The lowest BCUT2D eigenvalue weighted by molar-refractivity contribution is -0.120. The molecule has 0 saturated heterocycles. The Bertz CT molecular complexity index is 967. The van der Waals surface area contributed by atoms with Crippen LogP contribution in [0.25, 0.3) is 0 Å². The topological polar surface area (TPSA) is 167 Å². The first-order valence-corrected chi connectivity index (χ1v) is 9.21. The van der Waals surface area contributed by atoms with Gasteiger partial charge in [-0.05, 0) is 17.7 Å². The molecule has 5 N–H and O–H groups in total. The molecule has 0 aliphatic rings. The van der Waals surface area contributed by atoms with Gasteiger partial charge in [0.25, 0.3) is 0 Å². The lowest BCUT2D eigenvalue weighted by atomic mass is 10.1. The molecule has 144 valence electrons. The molecule has 1 aromatic heterocycles. The minimum atomic E-state index is -3.33. The highest BCUT2D eigenvalue weighted by atomic mass is 32.2. The van der Waals surface area contributed by atoms with Gasteiger partial charge in [-0.2, -0.15) is 0 Å². The Hall–Kier alpha value is -3.06. The van der Waals surface area contributed by atoms with Gasteiger partial charge in [0.05, 0.1) is 24.2 Å². The number of anilines is 2. The highest BCUT2D eigenvalue weighted by molar-refractivity contribution is 7.74. The van der Waals surface area contributed by atoms with Crippen LogP contribution in [0, 0.1) is 11.2 Å². The van der Waals surface area contributed by atoms with Crippen LogP contribution in [-0.4, -0.2) is 42.8 Å². The monoisotopic (exact) mass is 415 g/mol. The molecule has 10 nitrogen and oxygen atoms in total. The fourth-order valence-electron chi connectivity index (χ4n) is 2.06. The third-order valence-electron chi connectivity index (χ3n) is 3.22. The van der Waals surface area contributed by atoms with Gasteiger partial charge in [0.15, 0.2) is 5.69 Å². The van der Waals surface area contributed by atoms with E-state index < -0.39 is 34.3 Å². The summed E-state index contributed by atoms with van der Waals surface area (Å²) >= 11 is 0.771. The van der Waals surface area contributed by atoms with Crippen molar-refractivity contribution >= 4 is 50.6 Å². The molecule has 0 spiro atoms. The van der Waals surface area contributed by atoms with Gasteiger partial charge in [0.2, 0.25) is 16.8 Å². The summed E-state index contributed by atoms with van der Waals surface area (Å²) in [7, 11) is -3.33. The molecule has 0 radical (unpaired) electrons. The van der Waals surface area contributed by atoms with E-state index in [2.05, 4.69) is 10.3 Å². The second-order valence-corrected chi connectivity index (χ2v) is 6.82. The number of aromatic nitrogens is 1. The number of hydrogen-bond donors (Lipinski definition) is 5. The van der Waals surface area contributed by atoms with Crippen LogP contribution in [0.5, 0.6) is 0 Å². The molecule has 13 heteroatoms. The Morgan fingerprint density at radius 3 is 2.67 bits per heavy atom. The van der Waals surface area contributed by atoms with Crippen LogP contribution < -0.4 is 15.4 Å². The molecular weight excluding hydrogens is 401 g/mol. The van der Waals surface area contributed by atoms with E-state index in [1.807, 2.05) is 0 Å². The number of carbonyl (C=O) groups excluding carboxylic acids is 1. The van der Waals surface area contributed by atoms with E-state index >= 15 is 0 Å². The third kappa shape index (κ3) is 4.98. The molecule has 2 rings (SSSR count). The highest BCUT2D eigenvalue weighted by Gasteiger charge is 2.23. The molecule has 0 saturated carbocycles. The van der Waals surface area contributed by atoms with Crippen LogP contribution in [0.3, 0.4) is 0 Å². The van der Waals surface area contributed by atoms with Crippen LogP contribution in [0.1, 0.15) is 16.1 Å². The molecular formula is C14H14FN5O5S2. The number of amidine groups is 1. The average Bonchev–Trinajstić information content (AvgIpc) is 3.04. The van der Waals surface area contributed by atoms with Crippen molar-refractivity contribution in [2.75, 3.05) is 10.8 Å². The number of rotatable bonds is 8. The smallest absolute Gasteiger partial charge is 0.357 e. The van der Waals surface area contributed by atoms with E-state index in [0.29, 0.717) is 4.31 Å². The fraction of sp³-hybridized carbons (Fsp3) is 0.143. The standard InChI is InChI=1S/C14H14FN5O5S2/c15-9-4-8(2-1-7(9)3-11(21)18-5-10(16)17)20(27(24)25)13-12(14(22)23)19-6-26-13/h1-2,4,6,27H,3,5H2,(H3,16,17)(H,18,21)(H,22,23). The predicted octanol–water partition coefficient (Wildman–Crippen LogP) is 0.240. The number of nitrogens with two attached hydrogens (primary N) is 1. The molecule has 0 atom stereocenters. The van der Waals surface area contributed by atoms with Gasteiger partial charge in [-0.15, -0.1) is 11.3 Å². The maximum absolute atomic E-state index is 14.3. The van der Waals surface area contributed by atoms with E-state index in [9.17, 15) is 22.4 Å². The summed E-state index contributed by atoms with van der Waals surface area (Å²) in [5, 5.41) is 18.3. The molecule has 2 aromatic rings. The number of aromatic carboxylic acids is 1. The second-order valence-electron chi connectivity index (χ2n) is 5.12. The quantitative estimate of drug-likeness (QED) is 0.234. The van der Waals surface area contributed by atoms with Crippen LogP contribution in [0.2, 0.25) is 0 Å². The first-order chi connectivity index (χ1) is 12.7. The van der Waals surface area contributed by atoms with Crippen molar-refractivity contribution in [3.63, 3.8) is 0 Å². The summed E-state index contributed by atoms with van der Waals surface area (Å²) in [5.41, 5.74) is 5.65. The van der Waals surface area contributed by atoms with E-state index in [1.165, 1.54) is 12.1 Å². The zero-order valence-corrected chi connectivity index (χ0v) is 15.2. The number of nitrogens with one attached hydrogen (secondary N) is 2. The second kappa shape index (κ2) is 8.55. The van der Waals surface area contributed by atoms with Crippen molar-refractivity contribution in [3.8, 4) is 0 Å². The summed E-state index contributed by atoms with van der Waals surface area (Å²) in [4.78, 5) is 26.5. The number of thiol groups is 1. The Labute approximate surface area is 158 Å². The zero-order valence-electron chi connectivity index (χ0n) is 13.5. The number of carbonyl (C=O) groups is 2. The largest absolute Gasteiger partial charge is 0.476 e. The van der Waals surface area contributed by atoms with Gasteiger partial charge in [0.1, 0.15) is 16.7 Å². The molecule has 27 heavy (non-hydrogen) atoms. The minimum absolute atomic E-state index is 0.0105. The minimum Gasteiger partial charge on any atom is -0.476 e. The zero-order chi connectivity index (χ0) is 20.1. The lowest BCUT2D eigenvalue weighted by Crippen LogP contribution is -2.34. The summed E-state index contributed by atoms with van der Waals surface area (Å²) in [6.07, 6.45) is -0.343. The Kier molecular flexibility index (Phi) is 6.41. The molecule has 0 unspecified atom stereocenters. The van der Waals surface area contributed by atoms with Gasteiger partial charge >= 0.3 is 5.97 Å². The lowest BCUT2D eigenvalue weighted by Gasteiger charge is -2.17. The molecule has 0 aliphatic heterocycles. The SMILES string of the molecule is N=C(N)CNC(=O)Cc1ccc(N(c2scnc2C(=O)O)[SH](=O)=O)cc1F.